The van der Waals surface area contributed by atoms with Crippen LogP contribution in [0.25, 0.3) is 5.76 Å². The summed E-state index contributed by atoms with van der Waals surface area (Å²) >= 11 is 0. The minimum atomic E-state index is -0.817. The maximum atomic E-state index is 13.5. The van der Waals surface area contributed by atoms with Gasteiger partial charge in [-0.2, -0.15) is 0 Å². The number of rotatable bonds is 8. The molecule has 0 spiro atoms. The Bertz CT molecular complexity index is 1310. The Labute approximate surface area is 211 Å². The number of hydrogen-bond acceptors (Lipinski definition) is 5. The van der Waals surface area contributed by atoms with E-state index in [-0.39, 0.29) is 11.3 Å². The van der Waals surface area contributed by atoms with Gasteiger partial charge in [-0.1, -0.05) is 55.8 Å². The fraction of sp³-hybridized carbons (Fsp3) is 0.267. The smallest absolute Gasteiger partial charge is 0.300 e. The molecule has 0 aromatic heterocycles. The Kier molecular flexibility index (Phi) is 7.44. The van der Waals surface area contributed by atoms with E-state index >= 15 is 0 Å². The van der Waals surface area contributed by atoms with Gasteiger partial charge in [-0.25, -0.2) is 0 Å². The van der Waals surface area contributed by atoms with Crippen LogP contribution < -0.4 is 14.4 Å². The topological polar surface area (TPSA) is 76.1 Å². The molecule has 1 amide bonds. The van der Waals surface area contributed by atoms with Crippen LogP contribution in [0.4, 0.5) is 5.69 Å². The molecule has 3 aromatic carbocycles. The number of aryl methyl sites for hydroxylation is 2. The molecule has 1 aliphatic heterocycles. The largest absolute Gasteiger partial charge is 0.507 e. The number of carbonyl (C=O) groups is 2. The molecule has 0 aliphatic carbocycles. The summed E-state index contributed by atoms with van der Waals surface area (Å²) in [4.78, 5) is 28.4. The summed E-state index contributed by atoms with van der Waals surface area (Å²) in [6.07, 6.45) is 1.70. The summed E-state index contributed by atoms with van der Waals surface area (Å²) in [5.74, 6) is -0.698. The summed E-state index contributed by atoms with van der Waals surface area (Å²) in [6.45, 7) is 6.50. The van der Waals surface area contributed by atoms with Crippen LogP contribution in [-0.4, -0.2) is 30.5 Å². The van der Waals surface area contributed by atoms with E-state index in [0.717, 1.165) is 29.5 Å². The summed E-state index contributed by atoms with van der Waals surface area (Å²) in [5.41, 5.74) is 3.64. The molecule has 6 nitrogen and oxygen atoms in total. The molecular weight excluding hydrogens is 454 g/mol. The van der Waals surface area contributed by atoms with Crippen LogP contribution >= 0.6 is 0 Å². The summed E-state index contributed by atoms with van der Waals surface area (Å²) in [7, 11) is 1.50. The summed E-state index contributed by atoms with van der Waals surface area (Å²) in [5, 5.41) is 11.5. The molecule has 4 rings (SSSR count). The number of hydrogen-bond donors (Lipinski definition) is 1. The maximum Gasteiger partial charge on any atom is 0.300 e. The normalized spacial score (nSPS) is 16.9. The number of nitrogens with zero attached hydrogens (tertiary/aromatic N) is 1. The van der Waals surface area contributed by atoms with Crippen molar-refractivity contribution in [2.75, 3.05) is 18.6 Å². The predicted octanol–water partition coefficient (Wildman–Crippen LogP) is 5.98. The fourth-order valence-corrected chi connectivity index (χ4v) is 4.44. The van der Waals surface area contributed by atoms with Crippen LogP contribution in [0.1, 0.15) is 48.6 Å². The fourth-order valence-electron chi connectivity index (χ4n) is 4.44. The quantitative estimate of drug-likeness (QED) is 0.241. The molecule has 186 valence electrons. The number of benzene rings is 3. The molecule has 0 saturated carbocycles. The molecule has 36 heavy (non-hydrogen) atoms. The Balaban J connectivity index is 1.93. The van der Waals surface area contributed by atoms with Crippen molar-refractivity contribution in [3.63, 3.8) is 0 Å². The molecule has 0 radical (unpaired) electrons. The number of methoxy groups -OCH3 is 1. The van der Waals surface area contributed by atoms with Crippen molar-refractivity contribution in [2.45, 2.75) is 39.7 Å². The zero-order valence-electron chi connectivity index (χ0n) is 21.1. The first-order valence-electron chi connectivity index (χ1n) is 12.2. The number of aliphatic hydroxyl groups excluding tert-OH is 1. The van der Waals surface area contributed by atoms with Gasteiger partial charge in [-0.05, 0) is 55.2 Å². The van der Waals surface area contributed by atoms with E-state index in [2.05, 4.69) is 6.92 Å². The van der Waals surface area contributed by atoms with Crippen molar-refractivity contribution < 1.29 is 24.2 Å². The third kappa shape index (κ3) is 4.71. The lowest BCUT2D eigenvalue weighted by Gasteiger charge is -2.26. The first kappa shape index (κ1) is 25.0. The molecule has 0 bridgehead atoms. The van der Waals surface area contributed by atoms with Crippen molar-refractivity contribution in [3.05, 3.63) is 94.6 Å². The van der Waals surface area contributed by atoms with Crippen molar-refractivity contribution >= 4 is 23.1 Å². The average molecular weight is 486 g/mol. The Morgan fingerprint density at radius 3 is 2.42 bits per heavy atom. The third-order valence-corrected chi connectivity index (χ3v) is 6.33. The molecule has 1 atom stereocenters. The second kappa shape index (κ2) is 10.7. The lowest BCUT2D eigenvalue weighted by atomic mass is 9.93. The molecule has 1 aliphatic rings. The molecule has 6 heteroatoms. The van der Waals surface area contributed by atoms with Crippen LogP contribution in [0, 0.1) is 6.92 Å². The van der Waals surface area contributed by atoms with Crippen LogP contribution in [-0.2, 0) is 16.0 Å². The van der Waals surface area contributed by atoms with Crippen LogP contribution in [0.15, 0.2) is 72.3 Å². The highest BCUT2D eigenvalue weighted by atomic mass is 16.5. The van der Waals surface area contributed by atoms with Crippen LogP contribution in [0.2, 0.25) is 0 Å². The van der Waals surface area contributed by atoms with E-state index in [1.807, 2.05) is 50.2 Å². The zero-order valence-corrected chi connectivity index (χ0v) is 21.1. The van der Waals surface area contributed by atoms with Gasteiger partial charge in [0.1, 0.15) is 17.3 Å². The van der Waals surface area contributed by atoms with Gasteiger partial charge >= 0.3 is 0 Å². The van der Waals surface area contributed by atoms with Crippen molar-refractivity contribution in [1.29, 1.82) is 0 Å². The first-order valence-corrected chi connectivity index (χ1v) is 12.2. The van der Waals surface area contributed by atoms with Gasteiger partial charge in [0.25, 0.3) is 11.7 Å². The van der Waals surface area contributed by atoms with Gasteiger partial charge in [0.2, 0.25) is 0 Å². The van der Waals surface area contributed by atoms with E-state index < -0.39 is 17.7 Å². The lowest BCUT2D eigenvalue weighted by Crippen LogP contribution is -2.29. The van der Waals surface area contributed by atoms with E-state index in [1.165, 1.54) is 12.0 Å². The SMILES string of the molecule is CCCOc1cccc(N2C(=O)C(=O)/C(=C(/O)c3cc(C)ccc3OC)C2c2ccc(CC)cc2)c1. The van der Waals surface area contributed by atoms with Gasteiger partial charge in [-0.3, -0.25) is 14.5 Å². The van der Waals surface area contributed by atoms with E-state index in [4.69, 9.17) is 9.47 Å². The number of ether oxygens (including phenoxy) is 2. The van der Waals surface area contributed by atoms with E-state index in [1.54, 1.807) is 30.3 Å². The van der Waals surface area contributed by atoms with Gasteiger partial charge < -0.3 is 14.6 Å². The van der Waals surface area contributed by atoms with Gasteiger partial charge in [0, 0.05) is 11.8 Å². The van der Waals surface area contributed by atoms with Crippen LogP contribution in [0.3, 0.4) is 0 Å². The number of anilines is 1. The van der Waals surface area contributed by atoms with Gasteiger partial charge in [0.05, 0.1) is 30.9 Å². The molecule has 1 unspecified atom stereocenters. The van der Waals surface area contributed by atoms with Crippen molar-refractivity contribution in [3.8, 4) is 11.5 Å². The monoisotopic (exact) mass is 485 g/mol. The first-order chi connectivity index (χ1) is 17.4. The molecule has 3 aromatic rings. The number of aliphatic hydroxyl groups is 1. The Morgan fingerprint density at radius 1 is 1.00 bits per heavy atom. The second-order valence-corrected chi connectivity index (χ2v) is 8.81. The summed E-state index contributed by atoms with van der Waals surface area (Å²) < 4.78 is 11.2. The van der Waals surface area contributed by atoms with E-state index in [9.17, 15) is 14.7 Å². The van der Waals surface area contributed by atoms with Crippen LogP contribution in [0.5, 0.6) is 11.5 Å². The lowest BCUT2D eigenvalue weighted by molar-refractivity contribution is -0.132. The highest BCUT2D eigenvalue weighted by molar-refractivity contribution is 6.51. The Hall–Kier alpha value is -4.06. The molecule has 1 heterocycles. The number of carbonyl (C=O) groups excluding carboxylic acids is 2. The number of Topliss-reactive ketones (excluding diaryl/α,β-unsaturated/α-hetero) is 1. The highest BCUT2D eigenvalue weighted by Crippen LogP contribution is 2.44. The number of amides is 1. The third-order valence-electron chi connectivity index (χ3n) is 6.33. The minimum Gasteiger partial charge on any atom is -0.507 e. The average Bonchev–Trinajstić information content (AvgIpc) is 3.17. The van der Waals surface area contributed by atoms with Gasteiger partial charge in [0.15, 0.2) is 0 Å². The van der Waals surface area contributed by atoms with Crippen molar-refractivity contribution in [2.24, 2.45) is 0 Å². The highest BCUT2D eigenvalue weighted by Gasteiger charge is 2.47. The molecular formula is C30H31NO5. The van der Waals surface area contributed by atoms with Crippen molar-refractivity contribution in [1.82, 2.24) is 0 Å². The number of ketones is 1. The second-order valence-electron chi connectivity index (χ2n) is 8.81. The summed E-state index contributed by atoms with van der Waals surface area (Å²) in [6, 6.07) is 19.4. The standard InChI is InChI=1S/C30H31NO5/c1-5-16-36-23-9-7-8-22(18-23)31-27(21-13-11-20(6-2)12-14-21)26(29(33)30(31)34)28(32)24-17-19(3)10-15-25(24)35-4/h7-15,17-18,27,32H,5-6,16H2,1-4H3/b28-26+. The molecule has 1 saturated heterocycles. The zero-order chi connectivity index (χ0) is 25.8. The Morgan fingerprint density at radius 2 is 1.75 bits per heavy atom. The van der Waals surface area contributed by atoms with E-state index in [0.29, 0.717) is 29.4 Å². The minimum absolute atomic E-state index is 0.0213. The molecule has 1 fully saturated rings. The molecule has 1 N–H and O–H groups in total. The maximum absolute atomic E-state index is 13.5. The van der Waals surface area contributed by atoms with Gasteiger partial charge in [-0.15, -0.1) is 0 Å². The predicted molar refractivity (Wildman–Crippen MR) is 141 cm³/mol.